The fourth-order valence-electron chi connectivity index (χ4n) is 2.28. The van der Waals surface area contributed by atoms with Crippen LogP contribution in [0.1, 0.15) is 22.9 Å². The van der Waals surface area contributed by atoms with Gasteiger partial charge in [-0.3, -0.25) is 0 Å². The van der Waals surface area contributed by atoms with Crippen molar-refractivity contribution in [3.05, 3.63) is 80.8 Å². The highest BCUT2D eigenvalue weighted by Crippen LogP contribution is 2.32. The van der Waals surface area contributed by atoms with E-state index in [9.17, 15) is 0 Å². The molecule has 0 bridgehead atoms. The SMILES string of the molecule is Brc1ccc(C(c2ccccc2)c2ccc(Br)[nH]2)[nH]1. The Balaban J connectivity index is 2.11. The van der Waals surface area contributed by atoms with Crippen molar-refractivity contribution in [1.82, 2.24) is 9.97 Å². The number of benzene rings is 1. The average Bonchev–Trinajstić information content (AvgIpc) is 3.01. The Bertz CT molecular complexity index is 630. The first kappa shape index (κ1) is 12.8. The number of halogens is 2. The predicted octanol–water partition coefficient (Wildman–Crippen LogP) is 5.05. The number of hydrogen-bond donors (Lipinski definition) is 2. The van der Waals surface area contributed by atoms with Crippen LogP contribution in [0.25, 0.3) is 0 Å². The van der Waals surface area contributed by atoms with Gasteiger partial charge in [0.25, 0.3) is 0 Å². The third-order valence-corrected chi connectivity index (χ3v) is 4.03. The van der Waals surface area contributed by atoms with Gasteiger partial charge in [-0.25, -0.2) is 0 Å². The van der Waals surface area contributed by atoms with Crippen molar-refractivity contribution in [3.63, 3.8) is 0 Å². The Labute approximate surface area is 128 Å². The number of aromatic nitrogens is 2. The minimum Gasteiger partial charge on any atom is -0.352 e. The number of hydrogen-bond acceptors (Lipinski definition) is 0. The van der Waals surface area contributed by atoms with Crippen molar-refractivity contribution in [1.29, 1.82) is 0 Å². The van der Waals surface area contributed by atoms with E-state index in [4.69, 9.17) is 0 Å². The molecule has 3 rings (SSSR count). The second kappa shape index (κ2) is 5.39. The Morgan fingerprint density at radius 2 is 1.21 bits per heavy atom. The van der Waals surface area contributed by atoms with Crippen molar-refractivity contribution in [2.75, 3.05) is 0 Å². The highest BCUT2D eigenvalue weighted by molar-refractivity contribution is 9.10. The quantitative estimate of drug-likeness (QED) is 0.638. The molecule has 0 fully saturated rings. The summed E-state index contributed by atoms with van der Waals surface area (Å²) in [5, 5.41) is 0. The van der Waals surface area contributed by atoms with Gasteiger partial charge < -0.3 is 9.97 Å². The lowest BCUT2D eigenvalue weighted by atomic mass is 9.93. The Morgan fingerprint density at radius 3 is 1.63 bits per heavy atom. The van der Waals surface area contributed by atoms with Crippen LogP contribution in [0.2, 0.25) is 0 Å². The van der Waals surface area contributed by atoms with Crippen LogP contribution >= 0.6 is 31.9 Å². The fraction of sp³-hybridized carbons (Fsp3) is 0.0667. The van der Waals surface area contributed by atoms with Gasteiger partial charge in [0.05, 0.1) is 15.1 Å². The lowest BCUT2D eigenvalue weighted by Crippen LogP contribution is -2.04. The van der Waals surface area contributed by atoms with E-state index in [1.807, 2.05) is 18.2 Å². The minimum absolute atomic E-state index is 0.179. The van der Waals surface area contributed by atoms with E-state index in [1.54, 1.807) is 0 Å². The van der Waals surface area contributed by atoms with Crippen molar-refractivity contribution < 1.29 is 0 Å². The third kappa shape index (κ3) is 2.69. The van der Waals surface area contributed by atoms with Crippen molar-refractivity contribution >= 4 is 31.9 Å². The van der Waals surface area contributed by atoms with Gasteiger partial charge in [0.2, 0.25) is 0 Å². The van der Waals surface area contributed by atoms with E-state index in [-0.39, 0.29) is 5.92 Å². The summed E-state index contributed by atoms with van der Waals surface area (Å²) in [4.78, 5) is 6.73. The Morgan fingerprint density at radius 1 is 0.684 bits per heavy atom. The second-order valence-electron chi connectivity index (χ2n) is 4.37. The van der Waals surface area contributed by atoms with E-state index in [0.717, 1.165) is 20.6 Å². The topological polar surface area (TPSA) is 31.6 Å². The van der Waals surface area contributed by atoms with Gasteiger partial charge >= 0.3 is 0 Å². The van der Waals surface area contributed by atoms with Gasteiger partial charge in [-0.2, -0.15) is 0 Å². The van der Waals surface area contributed by atoms with Gasteiger partial charge in [-0.15, -0.1) is 0 Å². The lowest BCUT2D eigenvalue weighted by Gasteiger charge is -2.15. The summed E-state index contributed by atoms with van der Waals surface area (Å²) in [6.07, 6.45) is 0. The molecule has 0 aliphatic rings. The van der Waals surface area contributed by atoms with E-state index in [0.29, 0.717) is 0 Å². The molecule has 2 aromatic heterocycles. The molecule has 0 saturated heterocycles. The lowest BCUT2D eigenvalue weighted by molar-refractivity contribution is 0.892. The van der Waals surface area contributed by atoms with Crippen molar-refractivity contribution in [2.24, 2.45) is 0 Å². The maximum atomic E-state index is 3.48. The Hall–Kier alpha value is -1.26. The molecule has 0 radical (unpaired) electrons. The number of H-pyrrole nitrogens is 2. The highest BCUT2D eigenvalue weighted by atomic mass is 79.9. The van der Waals surface area contributed by atoms with Gasteiger partial charge in [0.1, 0.15) is 0 Å². The standard InChI is InChI=1S/C15H12Br2N2/c16-13-8-6-11(18-13)15(10-4-2-1-3-5-10)12-7-9-14(17)19-12/h1-9,15,18-19H. The molecule has 4 heteroatoms. The van der Waals surface area contributed by atoms with E-state index in [2.05, 4.69) is 78.2 Å². The first-order valence-electron chi connectivity index (χ1n) is 5.98. The number of aromatic amines is 2. The van der Waals surface area contributed by atoms with Gasteiger partial charge in [0.15, 0.2) is 0 Å². The van der Waals surface area contributed by atoms with Crippen LogP contribution in [0.5, 0.6) is 0 Å². The monoisotopic (exact) mass is 378 g/mol. The summed E-state index contributed by atoms with van der Waals surface area (Å²) in [5.74, 6) is 0.179. The molecule has 0 aliphatic heterocycles. The predicted molar refractivity (Wildman–Crippen MR) is 84.4 cm³/mol. The maximum absolute atomic E-state index is 3.48. The summed E-state index contributed by atoms with van der Waals surface area (Å²) in [5.41, 5.74) is 3.58. The zero-order valence-corrected chi connectivity index (χ0v) is 13.2. The van der Waals surface area contributed by atoms with Crippen LogP contribution in [-0.2, 0) is 0 Å². The molecule has 0 saturated carbocycles. The molecule has 19 heavy (non-hydrogen) atoms. The van der Waals surface area contributed by atoms with Crippen LogP contribution in [0, 0.1) is 0 Å². The summed E-state index contributed by atoms with van der Waals surface area (Å²) in [6, 6.07) is 18.7. The summed E-state index contributed by atoms with van der Waals surface area (Å²) < 4.78 is 1.99. The Kier molecular flexibility index (Phi) is 3.62. The van der Waals surface area contributed by atoms with Gasteiger partial charge in [-0.1, -0.05) is 30.3 Å². The molecule has 2 N–H and O–H groups in total. The second-order valence-corrected chi connectivity index (χ2v) is 6.08. The van der Waals surface area contributed by atoms with Gasteiger partial charge in [0, 0.05) is 11.4 Å². The third-order valence-electron chi connectivity index (χ3n) is 3.10. The number of rotatable bonds is 3. The molecule has 0 aliphatic carbocycles. The van der Waals surface area contributed by atoms with E-state index in [1.165, 1.54) is 5.56 Å². The van der Waals surface area contributed by atoms with Crippen LogP contribution in [-0.4, -0.2) is 9.97 Å². The molecule has 96 valence electrons. The van der Waals surface area contributed by atoms with Crippen molar-refractivity contribution in [2.45, 2.75) is 5.92 Å². The molecule has 2 nitrogen and oxygen atoms in total. The zero-order valence-electron chi connectivity index (χ0n) is 10.0. The van der Waals surface area contributed by atoms with Crippen LogP contribution in [0.15, 0.2) is 63.8 Å². The zero-order chi connectivity index (χ0) is 13.2. The molecule has 0 spiro atoms. The number of nitrogens with one attached hydrogen (secondary N) is 2. The van der Waals surface area contributed by atoms with Gasteiger partial charge in [-0.05, 0) is 61.7 Å². The molecule has 0 amide bonds. The average molecular weight is 380 g/mol. The van der Waals surface area contributed by atoms with Crippen LogP contribution in [0.3, 0.4) is 0 Å². The highest BCUT2D eigenvalue weighted by Gasteiger charge is 2.19. The van der Waals surface area contributed by atoms with Crippen molar-refractivity contribution in [3.8, 4) is 0 Å². The van der Waals surface area contributed by atoms with Crippen LogP contribution < -0.4 is 0 Å². The normalized spacial score (nSPS) is 11.1. The smallest absolute Gasteiger partial charge is 0.0822 e. The van der Waals surface area contributed by atoms with E-state index < -0.39 is 0 Å². The molecule has 1 aromatic carbocycles. The molecule has 2 heterocycles. The fourth-order valence-corrected chi connectivity index (χ4v) is 3.00. The van der Waals surface area contributed by atoms with E-state index >= 15 is 0 Å². The minimum atomic E-state index is 0.179. The molecular weight excluding hydrogens is 368 g/mol. The molecule has 0 atom stereocenters. The summed E-state index contributed by atoms with van der Waals surface area (Å²) >= 11 is 6.95. The van der Waals surface area contributed by atoms with Crippen LogP contribution in [0.4, 0.5) is 0 Å². The summed E-state index contributed by atoms with van der Waals surface area (Å²) in [7, 11) is 0. The molecule has 0 unspecified atom stereocenters. The first-order chi connectivity index (χ1) is 9.24. The maximum Gasteiger partial charge on any atom is 0.0822 e. The molecular formula is C15H12Br2N2. The molecule has 3 aromatic rings. The summed E-state index contributed by atoms with van der Waals surface area (Å²) in [6.45, 7) is 0. The first-order valence-corrected chi connectivity index (χ1v) is 7.56. The largest absolute Gasteiger partial charge is 0.352 e.